The van der Waals surface area contributed by atoms with Gasteiger partial charge in [0.15, 0.2) is 5.78 Å². The molecule has 0 aliphatic rings. The van der Waals surface area contributed by atoms with Gasteiger partial charge in [-0.15, -0.1) is 0 Å². The minimum absolute atomic E-state index is 0.190. The molecule has 1 aromatic carbocycles. The molecular weight excluding hydrogens is 224 g/mol. The van der Waals surface area contributed by atoms with E-state index < -0.39 is 0 Å². The number of nitrogens with one attached hydrogen (secondary N) is 1. The fourth-order valence-electron chi connectivity index (χ4n) is 1.82. The lowest BCUT2D eigenvalue weighted by atomic mass is 9.91. The number of para-hydroxylation sites is 1. The van der Waals surface area contributed by atoms with Crippen molar-refractivity contribution < 1.29 is 4.79 Å². The van der Waals surface area contributed by atoms with Crippen molar-refractivity contribution >= 4 is 16.7 Å². The Labute approximate surface area is 107 Å². The normalized spacial score (nSPS) is 11.7. The summed E-state index contributed by atoms with van der Waals surface area (Å²) in [5.41, 5.74) is 0.593. The van der Waals surface area contributed by atoms with Crippen LogP contribution in [0.3, 0.4) is 0 Å². The molecule has 0 amide bonds. The molecule has 0 saturated carbocycles. The zero-order valence-electron chi connectivity index (χ0n) is 11.0. The van der Waals surface area contributed by atoms with Crippen molar-refractivity contribution in [2.75, 3.05) is 0 Å². The number of nitrogens with zero attached hydrogens (tertiary/aromatic N) is 1. The van der Waals surface area contributed by atoms with Crippen LogP contribution in [0.15, 0.2) is 36.5 Å². The second-order valence-electron chi connectivity index (χ2n) is 5.55. The van der Waals surface area contributed by atoms with Gasteiger partial charge in [-0.25, -0.2) is 0 Å². The first-order chi connectivity index (χ1) is 8.39. The summed E-state index contributed by atoms with van der Waals surface area (Å²) in [5, 5.41) is 9.23. The Bertz CT molecular complexity index is 647. The average molecular weight is 242 g/mol. The molecule has 0 fully saturated rings. The van der Waals surface area contributed by atoms with Gasteiger partial charge in [0.25, 0.3) is 0 Å². The molecule has 0 saturated heterocycles. The molecule has 0 bridgehead atoms. The van der Waals surface area contributed by atoms with E-state index in [1.54, 1.807) is 6.07 Å². The number of Topliss-reactive ketones (excluding diaryl/α,β-unsaturated/α-hetero) is 1. The third-order valence-corrected chi connectivity index (χ3v) is 3.08. The maximum absolute atomic E-state index is 12.1. The van der Waals surface area contributed by atoms with Crippen LogP contribution >= 0.6 is 0 Å². The van der Waals surface area contributed by atoms with Gasteiger partial charge in [0, 0.05) is 17.0 Å². The molecule has 3 nitrogen and oxygen atoms in total. The third-order valence-electron chi connectivity index (χ3n) is 3.08. The van der Waals surface area contributed by atoms with E-state index in [1.165, 1.54) is 0 Å². The van der Waals surface area contributed by atoms with Crippen LogP contribution in [0.5, 0.6) is 0 Å². The predicted octanol–water partition coefficient (Wildman–Crippen LogP) is 2.74. The van der Waals surface area contributed by atoms with Gasteiger partial charge in [0.2, 0.25) is 0 Å². The van der Waals surface area contributed by atoms with Gasteiger partial charge in [-0.3, -0.25) is 4.79 Å². The summed E-state index contributed by atoms with van der Waals surface area (Å²) in [6.07, 6.45) is 1.81. The molecule has 2 rings (SSSR count). The van der Waals surface area contributed by atoms with E-state index in [0.717, 1.165) is 10.9 Å². The van der Waals surface area contributed by atoms with Crippen LogP contribution in [0.25, 0.3) is 10.9 Å². The zero-order valence-corrected chi connectivity index (χ0v) is 11.0. The Morgan fingerprint density at radius 1 is 1.22 bits per heavy atom. The lowest BCUT2D eigenvalue weighted by molar-refractivity contribution is -0.126. The Morgan fingerprint density at radius 2 is 1.89 bits per heavy atom. The molecule has 0 aliphatic heterocycles. The molecule has 3 heteroatoms. The van der Waals surface area contributed by atoms with Crippen LogP contribution in [0.1, 0.15) is 20.8 Å². The highest BCUT2D eigenvalue weighted by Crippen LogP contribution is 2.17. The second-order valence-corrected chi connectivity index (χ2v) is 5.55. The molecule has 2 aromatic rings. The summed E-state index contributed by atoms with van der Waals surface area (Å²) in [4.78, 5) is 12.1. The summed E-state index contributed by atoms with van der Waals surface area (Å²) in [7, 11) is 0. The Hall–Kier alpha value is -1.90. The maximum atomic E-state index is 12.1. The highest BCUT2D eigenvalue weighted by atomic mass is 16.1. The Morgan fingerprint density at radius 3 is 2.56 bits per heavy atom. The van der Waals surface area contributed by atoms with Crippen LogP contribution in [-0.2, 0) is 11.3 Å². The number of pyridine rings is 1. The number of aromatic nitrogens is 1. The number of carbonyl (C=O) groups excluding carboxylic acids is 1. The maximum Gasteiger partial charge on any atom is 0.157 e. The minimum atomic E-state index is -0.340. The SMILES string of the molecule is CC(C)(C)C(=O)Cn1ccc(=N)c2ccccc21. The van der Waals surface area contributed by atoms with Crippen molar-refractivity contribution in [1.29, 1.82) is 5.41 Å². The quantitative estimate of drug-likeness (QED) is 0.864. The van der Waals surface area contributed by atoms with E-state index in [2.05, 4.69) is 0 Å². The lowest BCUT2D eigenvalue weighted by Crippen LogP contribution is -2.25. The standard InChI is InChI=1S/C15H18N2O/c1-15(2,3)14(18)10-17-9-8-12(16)11-6-4-5-7-13(11)17/h4-9,16H,10H2,1-3H3. The van der Waals surface area contributed by atoms with E-state index in [1.807, 2.05) is 55.8 Å². The number of benzene rings is 1. The molecule has 1 N–H and O–H groups in total. The molecule has 0 atom stereocenters. The molecule has 1 aromatic heterocycles. The first-order valence-corrected chi connectivity index (χ1v) is 6.06. The van der Waals surface area contributed by atoms with Gasteiger partial charge < -0.3 is 9.98 Å². The molecule has 0 spiro atoms. The van der Waals surface area contributed by atoms with Crippen LogP contribution < -0.4 is 5.36 Å². The van der Waals surface area contributed by atoms with E-state index in [4.69, 9.17) is 5.41 Å². The molecular formula is C15H18N2O. The Kier molecular flexibility index (Phi) is 3.07. The lowest BCUT2D eigenvalue weighted by Gasteiger charge is -2.18. The minimum Gasteiger partial charge on any atom is -0.340 e. The van der Waals surface area contributed by atoms with Crippen molar-refractivity contribution in [2.45, 2.75) is 27.3 Å². The van der Waals surface area contributed by atoms with Gasteiger partial charge in [-0.05, 0) is 12.1 Å². The van der Waals surface area contributed by atoms with Crippen molar-refractivity contribution in [2.24, 2.45) is 5.41 Å². The summed E-state index contributed by atoms with van der Waals surface area (Å²) in [5.74, 6) is 0.190. The third kappa shape index (κ3) is 2.35. The topological polar surface area (TPSA) is 45.9 Å². The number of carbonyl (C=O) groups is 1. The molecule has 0 unspecified atom stereocenters. The number of hydrogen-bond donors (Lipinski definition) is 1. The largest absolute Gasteiger partial charge is 0.340 e. The number of rotatable bonds is 2. The number of hydrogen-bond acceptors (Lipinski definition) is 2. The van der Waals surface area contributed by atoms with E-state index in [-0.39, 0.29) is 11.2 Å². The van der Waals surface area contributed by atoms with E-state index in [9.17, 15) is 4.79 Å². The van der Waals surface area contributed by atoms with Crippen molar-refractivity contribution in [1.82, 2.24) is 4.57 Å². The number of fused-ring (bicyclic) bond motifs is 1. The van der Waals surface area contributed by atoms with E-state index in [0.29, 0.717) is 11.9 Å². The van der Waals surface area contributed by atoms with Gasteiger partial charge >= 0.3 is 0 Å². The zero-order chi connectivity index (χ0) is 13.3. The number of ketones is 1. The average Bonchev–Trinajstić information content (AvgIpc) is 2.32. The summed E-state index contributed by atoms with van der Waals surface area (Å²) < 4.78 is 1.92. The van der Waals surface area contributed by atoms with Gasteiger partial charge in [0.1, 0.15) is 0 Å². The van der Waals surface area contributed by atoms with Crippen LogP contribution in [0.2, 0.25) is 0 Å². The second kappa shape index (κ2) is 4.41. The van der Waals surface area contributed by atoms with E-state index >= 15 is 0 Å². The van der Waals surface area contributed by atoms with Gasteiger partial charge in [0.05, 0.1) is 17.4 Å². The fraction of sp³-hybridized carbons (Fsp3) is 0.333. The molecule has 1 heterocycles. The Balaban J connectivity index is 2.50. The molecule has 0 radical (unpaired) electrons. The molecule has 94 valence electrons. The summed E-state index contributed by atoms with van der Waals surface area (Å²) in [6.45, 7) is 6.13. The highest BCUT2D eigenvalue weighted by Gasteiger charge is 2.21. The van der Waals surface area contributed by atoms with Crippen molar-refractivity contribution in [3.63, 3.8) is 0 Å². The van der Waals surface area contributed by atoms with Crippen LogP contribution in [0, 0.1) is 10.8 Å². The monoisotopic (exact) mass is 242 g/mol. The van der Waals surface area contributed by atoms with Gasteiger partial charge in [-0.1, -0.05) is 39.0 Å². The molecule has 0 aliphatic carbocycles. The first-order valence-electron chi connectivity index (χ1n) is 6.06. The molecule has 18 heavy (non-hydrogen) atoms. The van der Waals surface area contributed by atoms with Crippen LogP contribution in [-0.4, -0.2) is 10.4 Å². The smallest absolute Gasteiger partial charge is 0.157 e. The van der Waals surface area contributed by atoms with Crippen molar-refractivity contribution in [3.8, 4) is 0 Å². The van der Waals surface area contributed by atoms with Crippen molar-refractivity contribution in [3.05, 3.63) is 41.9 Å². The first kappa shape index (κ1) is 12.6. The summed E-state index contributed by atoms with van der Waals surface area (Å²) >= 11 is 0. The highest BCUT2D eigenvalue weighted by molar-refractivity contribution is 5.86. The van der Waals surface area contributed by atoms with Crippen LogP contribution in [0.4, 0.5) is 0 Å². The fourth-order valence-corrected chi connectivity index (χ4v) is 1.82. The summed E-state index contributed by atoms with van der Waals surface area (Å²) in [6, 6.07) is 9.44. The van der Waals surface area contributed by atoms with Gasteiger partial charge in [-0.2, -0.15) is 0 Å². The predicted molar refractivity (Wildman–Crippen MR) is 72.3 cm³/mol.